The van der Waals surface area contributed by atoms with Gasteiger partial charge in [0.2, 0.25) is 0 Å². The van der Waals surface area contributed by atoms with Gasteiger partial charge in [-0.3, -0.25) is 0 Å². The standard InChI is InChI=1S/C44H28N4O/c1-27-26-38-40(31-19-9-8-18-30(27)31)41-34(22-13-25-37(41)49-38)44-46-42(28-14-4-2-5-15-28)45-43(47-44)33-21-12-24-36-39(33)32-20-10-11-23-35(32)48(36)29-16-6-3-7-17-29/h2-26H,1H3. The van der Waals surface area contributed by atoms with Gasteiger partial charge in [-0.05, 0) is 59.7 Å². The van der Waals surface area contributed by atoms with Crippen molar-refractivity contribution in [3.05, 3.63) is 157 Å². The van der Waals surface area contributed by atoms with Crippen LogP contribution in [0.4, 0.5) is 0 Å². The molecule has 7 aromatic carbocycles. The minimum atomic E-state index is 0.602. The van der Waals surface area contributed by atoms with Crippen molar-refractivity contribution in [2.75, 3.05) is 0 Å². The summed E-state index contributed by atoms with van der Waals surface area (Å²) in [6, 6.07) is 52.4. The number of para-hydroxylation sites is 2. The first-order valence-corrected chi connectivity index (χ1v) is 16.5. The van der Waals surface area contributed by atoms with Crippen LogP contribution >= 0.6 is 0 Å². The third-order valence-electron chi connectivity index (χ3n) is 9.57. The fourth-order valence-corrected chi connectivity index (χ4v) is 7.44. The predicted molar refractivity (Wildman–Crippen MR) is 200 cm³/mol. The number of hydrogen-bond donors (Lipinski definition) is 0. The van der Waals surface area contributed by atoms with E-state index in [-0.39, 0.29) is 0 Å². The molecule has 10 aromatic rings. The molecule has 49 heavy (non-hydrogen) atoms. The highest BCUT2D eigenvalue weighted by atomic mass is 16.3. The molecule has 3 heterocycles. The molecule has 5 heteroatoms. The molecule has 0 amide bonds. The van der Waals surface area contributed by atoms with E-state index in [2.05, 4.69) is 127 Å². The van der Waals surface area contributed by atoms with Crippen LogP contribution in [0.2, 0.25) is 0 Å². The van der Waals surface area contributed by atoms with Crippen LogP contribution in [0, 0.1) is 6.92 Å². The van der Waals surface area contributed by atoms with Gasteiger partial charge in [0.15, 0.2) is 17.5 Å². The zero-order valence-electron chi connectivity index (χ0n) is 26.6. The summed E-state index contributed by atoms with van der Waals surface area (Å²) in [5.41, 5.74) is 8.96. The number of rotatable bonds is 4. The summed E-state index contributed by atoms with van der Waals surface area (Å²) < 4.78 is 8.83. The van der Waals surface area contributed by atoms with Gasteiger partial charge in [0, 0.05) is 43.9 Å². The van der Waals surface area contributed by atoms with E-state index >= 15 is 0 Å². The molecule has 0 aliphatic carbocycles. The Kier molecular flexibility index (Phi) is 6.02. The molecule has 3 aromatic heterocycles. The van der Waals surface area contributed by atoms with Crippen molar-refractivity contribution in [2.45, 2.75) is 6.92 Å². The Labute approximate surface area is 281 Å². The van der Waals surface area contributed by atoms with Gasteiger partial charge in [-0.15, -0.1) is 0 Å². The maximum Gasteiger partial charge on any atom is 0.164 e. The summed E-state index contributed by atoms with van der Waals surface area (Å²) in [4.78, 5) is 15.6. The smallest absolute Gasteiger partial charge is 0.164 e. The minimum absolute atomic E-state index is 0.602. The summed E-state index contributed by atoms with van der Waals surface area (Å²) in [6.45, 7) is 2.13. The molecule has 0 unspecified atom stereocenters. The largest absolute Gasteiger partial charge is 0.456 e. The van der Waals surface area contributed by atoms with E-state index in [1.54, 1.807) is 0 Å². The highest BCUT2D eigenvalue weighted by Crippen LogP contribution is 2.42. The average Bonchev–Trinajstić information content (AvgIpc) is 3.71. The lowest BCUT2D eigenvalue weighted by atomic mass is 9.97. The number of hydrogen-bond acceptors (Lipinski definition) is 4. The Morgan fingerprint density at radius 1 is 0.449 bits per heavy atom. The summed E-state index contributed by atoms with van der Waals surface area (Å²) in [6.07, 6.45) is 0. The van der Waals surface area contributed by atoms with Crippen molar-refractivity contribution in [1.82, 2.24) is 19.5 Å². The Morgan fingerprint density at radius 2 is 1.04 bits per heavy atom. The second kappa shape index (κ2) is 10.7. The molecule has 0 fully saturated rings. The van der Waals surface area contributed by atoms with E-state index < -0.39 is 0 Å². The van der Waals surface area contributed by atoms with Crippen molar-refractivity contribution in [3.8, 4) is 39.9 Å². The second-order valence-electron chi connectivity index (χ2n) is 12.5. The highest BCUT2D eigenvalue weighted by molar-refractivity contribution is 6.23. The van der Waals surface area contributed by atoms with Gasteiger partial charge in [0.25, 0.3) is 0 Å². The number of aromatic nitrogens is 4. The van der Waals surface area contributed by atoms with Gasteiger partial charge in [-0.2, -0.15) is 0 Å². The fraction of sp³-hybridized carbons (Fsp3) is 0.0227. The van der Waals surface area contributed by atoms with E-state index in [4.69, 9.17) is 19.4 Å². The molecule has 5 nitrogen and oxygen atoms in total. The third-order valence-corrected chi connectivity index (χ3v) is 9.57. The van der Waals surface area contributed by atoms with Crippen LogP contribution in [0.25, 0.3) is 94.4 Å². The maximum absolute atomic E-state index is 6.51. The molecule has 0 radical (unpaired) electrons. The van der Waals surface area contributed by atoms with Crippen molar-refractivity contribution in [1.29, 1.82) is 0 Å². The predicted octanol–water partition coefficient (Wildman–Crippen LogP) is 11.3. The van der Waals surface area contributed by atoms with Crippen molar-refractivity contribution >= 4 is 54.5 Å². The molecule has 0 bridgehead atoms. The van der Waals surface area contributed by atoms with Gasteiger partial charge in [-0.1, -0.05) is 115 Å². The van der Waals surface area contributed by atoms with Gasteiger partial charge < -0.3 is 8.98 Å². The fourth-order valence-electron chi connectivity index (χ4n) is 7.44. The lowest BCUT2D eigenvalue weighted by Gasteiger charge is -2.11. The number of fused-ring (bicyclic) bond motifs is 8. The monoisotopic (exact) mass is 628 g/mol. The van der Waals surface area contributed by atoms with Crippen molar-refractivity contribution < 1.29 is 4.42 Å². The average molecular weight is 629 g/mol. The highest BCUT2D eigenvalue weighted by Gasteiger charge is 2.22. The van der Waals surface area contributed by atoms with Crippen LogP contribution in [-0.2, 0) is 0 Å². The first kappa shape index (κ1) is 27.5. The van der Waals surface area contributed by atoms with E-state index in [0.717, 1.165) is 71.5 Å². The molecule has 0 atom stereocenters. The van der Waals surface area contributed by atoms with E-state index in [9.17, 15) is 0 Å². The van der Waals surface area contributed by atoms with E-state index in [1.165, 1.54) is 10.9 Å². The molecule has 230 valence electrons. The SMILES string of the molecule is Cc1cc2oc3cccc(-c4nc(-c5ccccc5)nc(-c5cccc6c5c5ccccc5n6-c5ccccc5)n4)c3c2c2ccccc12. The van der Waals surface area contributed by atoms with Crippen LogP contribution < -0.4 is 0 Å². The van der Waals surface area contributed by atoms with Gasteiger partial charge >= 0.3 is 0 Å². The van der Waals surface area contributed by atoms with Crippen LogP contribution in [0.1, 0.15) is 5.56 Å². The molecule has 10 rings (SSSR count). The summed E-state index contributed by atoms with van der Waals surface area (Å²) in [7, 11) is 0. The first-order valence-electron chi connectivity index (χ1n) is 16.5. The molecular formula is C44H28N4O. The molecule has 0 spiro atoms. The second-order valence-corrected chi connectivity index (χ2v) is 12.5. The zero-order chi connectivity index (χ0) is 32.5. The summed E-state index contributed by atoms with van der Waals surface area (Å²) >= 11 is 0. The van der Waals surface area contributed by atoms with Gasteiger partial charge in [0.1, 0.15) is 11.2 Å². The van der Waals surface area contributed by atoms with Gasteiger partial charge in [-0.25, -0.2) is 15.0 Å². The number of furan rings is 1. The molecule has 0 saturated heterocycles. The Balaban J connectivity index is 1.30. The van der Waals surface area contributed by atoms with Crippen LogP contribution in [0.15, 0.2) is 156 Å². The Bertz CT molecular complexity index is 2890. The molecule has 0 aliphatic heterocycles. The quantitative estimate of drug-likeness (QED) is 0.195. The third kappa shape index (κ3) is 4.22. The van der Waals surface area contributed by atoms with E-state index in [0.29, 0.717) is 17.5 Å². The Hall–Kier alpha value is -6.59. The van der Waals surface area contributed by atoms with E-state index in [1.807, 2.05) is 36.4 Å². The zero-order valence-corrected chi connectivity index (χ0v) is 26.6. The summed E-state index contributed by atoms with van der Waals surface area (Å²) in [5, 5.41) is 6.68. The first-order chi connectivity index (χ1) is 24.2. The molecule has 0 aliphatic rings. The van der Waals surface area contributed by atoms with Crippen molar-refractivity contribution in [3.63, 3.8) is 0 Å². The minimum Gasteiger partial charge on any atom is -0.456 e. The summed E-state index contributed by atoms with van der Waals surface area (Å²) in [5.74, 6) is 1.84. The lowest BCUT2D eigenvalue weighted by molar-refractivity contribution is 0.669. The number of benzene rings is 7. The Morgan fingerprint density at radius 3 is 1.82 bits per heavy atom. The number of aryl methyl sites for hydroxylation is 1. The van der Waals surface area contributed by atoms with Crippen molar-refractivity contribution in [2.24, 2.45) is 0 Å². The lowest BCUT2D eigenvalue weighted by Crippen LogP contribution is -2.01. The topological polar surface area (TPSA) is 56.7 Å². The number of nitrogens with zero attached hydrogens (tertiary/aromatic N) is 4. The maximum atomic E-state index is 6.51. The molecule has 0 N–H and O–H groups in total. The molecule has 0 saturated carbocycles. The normalized spacial score (nSPS) is 11.8. The van der Waals surface area contributed by atoms with Crippen LogP contribution in [-0.4, -0.2) is 19.5 Å². The van der Waals surface area contributed by atoms with Gasteiger partial charge in [0.05, 0.1) is 11.0 Å². The van der Waals surface area contributed by atoms with Crippen LogP contribution in [0.3, 0.4) is 0 Å². The van der Waals surface area contributed by atoms with Crippen LogP contribution in [0.5, 0.6) is 0 Å². The molecular weight excluding hydrogens is 601 g/mol.